The van der Waals surface area contributed by atoms with Gasteiger partial charge in [0.1, 0.15) is 5.41 Å². The number of aliphatic carboxylic acids is 1. The highest BCUT2D eigenvalue weighted by Crippen LogP contribution is 2.48. The molecule has 4 heteroatoms. The minimum absolute atomic E-state index is 0.422. The van der Waals surface area contributed by atoms with E-state index in [0.29, 0.717) is 29.8 Å². The van der Waals surface area contributed by atoms with Crippen molar-refractivity contribution in [2.75, 3.05) is 0 Å². The van der Waals surface area contributed by atoms with E-state index in [9.17, 15) is 15.0 Å². The van der Waals surface area contributed by atoms with Crippen LogP contribution in [0.4, 0.5) is 0 Å². The second-order valence-electron chi connectivity index (χ2n) is 5.31. The third kappa shape index (κ3) is 2.15. The number of rotatable bonds is 3. The van der Waals surface area contributed by atoms with Crippen molar-refractivity contribution in [2.24, 2.45) is 0 Å². The van der Waals surface area contributed by atoms with Crippen molar-refractivity contribution in [3.05, 3.63) is 34.9 Å². The van der Waals surface area contributed by atoms with Crippen LogP contribution in [0.15, 0.2) is 24.3 Å². The van der Waals surface area contributed by atoms with Crippen LogP contribution in [0, 0.1) is 0 Å². The lowest BCUT2D eigenvalue weighted by atomic mass is 9.58. The summed E-state index contributed by atoms with van der Waals surface area (Å²) in [6.07, 6.45) is 3.06. The van der Waals surface area contributed by atoms with Crippen LogP contribution in [-0.2, 0) is 10.2 Å². The van der Waals surface area contributed by atoms with Crippen LogP contribution in [0.1, 0.15) is 44.6 Å². The molecule has 2 rings (SSSR count). The first-order valence-corrected chi connectivity index (χ1v) is 7.06. The second-order valence-corrected chi connectivity index (χ2v) is 5.75. The molecule has 0 spiro atoms. The van der Waals surface area contributed by atoms with Crippen LogP contribution in [0.2, 0.25) is 5.02 Å². The Morgan fingerprint density at radius 2 is 2.05 bits per heavy atom. The molecule has 0 aliphatic heterocycles. The van der Waals surface area contributed by atoms with E-state index in [-0.39, 0.29) is 0 Å². The third-order valence-electron chi connectivity index (χ3n) is 4.45. The maximum absolute atomic E-state index is 12.0. The van der Waals surface area contributed by atoms with E-state index in [0.717, 1.165) is 12.8 Å². The Balaban J connectivity index is 2.62. The molecule has 2 atom stereocenters. The van der Waals surface area contributed by atoms with Crippen LogP contribution < -0.4 is 0 Å². The molecule has 104 valence electrons. The Labute approximate surface area is 118 Å². The number of carboxylic acids is 1. The zero-order valence-electron chi connectivity index (χ0n) is 11.0. The number of aliphatic hydroxyl groups is 1. The molecule has 3 nitrogen and oxygen atoms in total. The van der Waals surface area contributed by atoms with Gasteiger partial charge < -0.3 is 10.2 Å². The lowest BCUT2D eigenvalue weighted by molar-refractivity contribution is -0.162. The molecule has 2 N–H and O–H groups in total. The Bertz CT molecular complexity index is 488. The highest BCUT2D eigenvalue weighted by Gasteiger charge is 2.57. The first kappa shape index (κ1) is 14.4. The predicted molar refractivity (Wildman–Crippen MR) is 74.5 cm³/mol. The minimum atomic E-state index is -1.25. The molecule has 1 saturated carbocycles. The van der Waals surface area contributed by atoms with Gasteiger partial charge >= 0.3 is 5.97 Å². The number of carbonyl (C=O) groups is 1. The van der Waals surface area contributed by atoms with E-state index in [2.05, 4.69) is 0 Å². The lowest BCUT2D eigenvalue weighted by Crippen LogP contribution is -2.58. The first-order valence-electron chi connectivity index (χ1n) is 6.68. The summed E-state index contributed by atoms with van der Waals surface area (Å²) in [6.45, 7) is 1.84. The summed E-state index contributed by atoms with van der Waals surface area (Å²) >= 11 is 5.99. The zero-order valence-corrected chi connectivity index (χ0v) is 11.8. The van der Waals surface area contributed by atoms with Gasteiger partial charge in [-0.15, -0.1) is 0 Å². The Hall–Kier alpha value is -1.06. The normalized spacial score (nSPS) is 31.1. The first-order chi connectivity index (χ1) is 8.96. The van der Waals surface area contributed by atoms with Crippen molar-refractivity contribution >= 4 is 17.6 Å². The molecule has 19 heavy (non-hydrogen) atoms. The lowest BCUT2D eigenvalue weighted by Gasteiger charge is -2.47. The molecule has 0 saturated heterocycles. The minimum Gasteiger partial charge on any atom is -0.480 e. The smallest absolute Gasteiger partial charge is 0.317 e. The van der Waals surface area contributed by atoms with Crippen molar-refractivity contribution in [3.63, 3.8) is 0 Å². The fourth-order valence-corrected chi connectivity index (χ4v) is 3.52. The predicted octanol–water partition coefficient (Wildman–Crippen LogP) is 3.38. The molecule has 1 aliphatic carbocycles. The maximum atomic E-state index is 12.0. The molecule has 0 radical (unpaired) electrons. The molecule has 0 heterocycles. The van der Waals surface area contributed by atoms with Crippen molar-refractivity contribution in [2.45, 2.75) is 50.0 Å². The molecular formula is C15H19ClO3. The molecule has 1 fully saturated rings. The number of carboxylic acid groups (broad SMARTS) is 1. The van der Waals surface area contributed by atoms with E-state index >= 15 is 0 Å². The van der Waals surface area contributed by atoms with Crippen LogP contribution in [0.25, 0.3) is 0 Å². The second kappa shape index (κ2) is 5.14. The molecule has 1 aromatic rings. The van der Waals surface area contributed by atoms with E-state index in [1.807, 2.05) is 6.92 Å². The number of hydrogen-bond donors (Lipinski definition) is 2. The van der Waals surface area contributed by atoms with E-state index in [1.165, 1.54) is 0 Å². The van der Waals surface area contributed by atoms with Gasteiger partial charge in [-0.3, -0.25) is 4.79 Å². The van der Waals surface area contributed by atoms with Crippen molar-refractivity contribution in [1.82, 2.24) is 0 Å². The summed E-state index contributed by atoms with van der Waals surface area (Å²) in [5.41, 5.74) is -1.84. The Kier molecular flexibility index (Phi) is 3.88. The number of hydrogen-bond acceptors (Lipinski definition) is 2. The summed E-state index contributed by atoms with van der Waals surface area (Å²) in [5.74, 6) is -0.959. The van der Waals surface area contributed by atoms with Gasteiger partial charge in [0.05, 0.1) is 5.60 Å². The highest BCUT2D eigenvalue weighted by molar-refractivity contribution is 6.30. The largest absolute Gasteiger partial charge is 0.480 e. The summed E-state index contributed by atoms with van der Waals surface area (Å²) in [5, 5.41) is 21.2. The van der Waals surface area contributed by atoms with Gasteiger partial charge in [-0.25, -0.2) is 0 Å². The summed E-state index contributed by atoms with van der Waals surface area (Å²) in [4.78, 5) is 12.0. The van der Waals surface area contributed by atoms with Gasteiger partial charge in [-0.2, -0.15) is 0 Å². The van der Waals surface area contributed by atoms with E-state index in [4.69, 9.17) is 11.6 Å². The van der Waals surface area contributed by atoms with Crippen molar-refractivity contribution < 1.29 is 15.0 Å². The van der Waals surface area contributed by atoms with Crippen LogP contribution in [0.3, 0.4) is 0 Å². The molecule has 1 aliphatic rings. The zero-order chi connectivity index (χ0) is 14.1. The molecule has 0 aromatic heterocycles. The number of halogens is 1. The van der Waals surface area contributed by atoms with Crippen molar-refractivity contribution in [1.29, 1.82) is 0 Å². The average molecular weight is 283 g/mol. The van der Waals surface area contributed by atoms with Gasteiger partial charge in [0, 0.05) is 5.02 Å². The van der Waals surface area contributed by atoms with Gasteiger partial charge in [0.15, 0.2) is 0 Å². The monoisotopic (exact) mass is 282 g/mol. The SMILES string of the molecule is CCC1(O)CCCCC1(C(=O)O)c1cccc(Cl)c1. The molecule has 0 amide bonds. The molecular weight excluding hydrogens is 264 g/mol. The third-order valence-corrected chi connectivity index (χ3v) is 4.69. The Morgan fingerprint density at radius 3 is 2.63 bits per heavy atom. The topological polar surface area (TPSA) is 57.5 Å². The summed E-state index contributed by atoms with van der Waals surface area (Å²) < 4.78 is 0. The molecule has 1 aromatic carbocycles. The average Bonchev–Trinajstić information content (AvgIpc) is 2.39. The fraction of sp³-hybridized carbons (Fsp3) is 0.533. The molecule has 0 bridgehead atoms. The summed E-state index contributed by atoms with van der Waals surface area (Å²) in [7, 11) is 0. The van der Waals surface area contributed by atoms with E-state index < -0.39 is 17.0 Å². The molecule has 2 unspecified atom stereocenters. The summed E-state index contributed by atoms with van der Waals surface area (Å²) in [6, 6.07) is 6.88. The quantitative estimate of drug-likeness (QED) is 0.893. The van der Waals surface area contributed by atoms with E-state index in [1.54, 1.807) is 24.3 Å². The Morgan fingerprint density at radius 1 is 1.37 bits per heavy atom. The van der Waals surface area contributed by atoms with Crippen LogP contribution >= 0.6 is 11.6 Å². The van der Waals surface area contributed by atoms with Gasteiger partial charge in [-0.1, -0.05) is 43.5 Å². The maximum Gasteiger partial charge on any atom is 0.317 e. The highest BCUT2D eigenvalue weighted by atomic mass is 35.5. The number of benzene rings is 1. The standard InChI is InChI=1S/C15H19ClO3/c1-2-14(19)8-3-4-9-15(14,13(17)18)11-6-5-7-12(16)10-11/h5-7,10,19H,2-4,8-9H2,1H3,(H,17,18). The van der Waals surface area contributed by atoms with Crippen LogP contribution in [-0.4, -0.2) is 21.8 Å². The van der Waals surface area contributed by atoms with Crippen LogP contribution in [0.5, 0.6) is 0 Å². The van der Waals surface area contributed by atoms with Gasteiger partial charge in [0.25, 0.3) is 0 Å². The van der Waals surface area contributed by atoms with Gasteiger partial charge in [0.2, 0.25) is 0 Å². The van der Waals surface area contributed by atoms with Crippen molar-refractivity contribution in [3.8, 4) is 0 Å². The fourth-order valence-electron chi connectivity index (χ4n) is 3.33. The van der Waals surface area contributed by atoms with Gasteiger partial charge in [-0.05, 0) is 37.0 Å².